The van der Waals surface area contributed by atoms with E-state index >= 15 is 0 Å². The van der Waals surface area contributed by atoms with Crippen molar-refractivity contribution in [2.75, 3.05) is 33.2 Å². The van der Waals surface area contributed by atoms with Crippen molar-refractivity contribution in [1.82, 2.24) is 48.0 Å². The first-order valence-corrected chi connectivity index (χ1v) is 22.4. The van der Waals surface area contributed by atoms with Crippen molar-refractivity contribution in [3.8, 4) is 45.3 Å². The summed E-state index contributed by atoms with van der Waals surface area (Å²) in [7, 11) is 1.85. The van der Waals surface area contributed by atoms with Gasteiger partial charge in [0.25, 0.3) is 11.1 Å². The Morgan fingerprint density at radius 2 is 0.959 bits per heavy atom. The SMILES string of the molecule is [C-]#[N+]c1ccc(-n2nccc2-c2c(C)n(-c3cccc(C(F)(F)F)c3)c(=O)n(C3CN(C)C3)c2=O)cc1.[C-]#[N+]c1ccc(-n2nccc2-c2c(C)n(-c3cccc(C(F)(F)F)c3)c(=O)n(C3CNC3)c2=O)cc1. The molecule has 22 heteroatoms. The van der Waals surface area contributed by atoms with Gasteiger partial charge in [-0.1, -0.05) is 36.4 Å². The second-order valence-electron chi connectivity index (χ2n) is 17.3. The minimum absolute atomic E-state index is 0.00193. The lowest BCUT2D eigenvalue weighted by Gasteiger charge is -2.37. The van der Waals surface area contributed by atoms with Gasteiger partial charge in [-0.05, 0) is 93.7 Å². The maximum atomic E-state index is 13.8. The zero-order valence-corrected chi connectivity index (χ0v) is 38.9. The van der Waals surface area contributed by atoms with Crippen molar-refractivity contribution >= 4 is 11.4 Å². The topological polar surface area (TPSA) is 148 Å². The largest absolute Gasteiger partial charge is 0.416 e. The van der Waals surface area contributed by atoms with Crippen LogP contribution in [0.5, 0.6) is 0 Å². The van der Waals surface area contributed by atoms with Crippen LogP contribution >= 0.6 is 0 Å². The third kappa shape index (κ3) is 9.09. The van der Waals surface area contributed by atoms with E-state index in [1.54, 1.807) is 60.7 Å². The third-order valence-corrected chi connectivity index (χ3v) is 12.7. The molecule has 2 saturated heterocycles. The van der Waals surface area contributed by atoms with Gasteiger partial charge in [-0.25, -0.2) is 28.6 Å². The molecular formula is C51H40F6N12O4. The van der Waals surface area contributed by atoms with Gasteiger partial charge < -0.3 is 10.2 Å². The highest BCUT2D eigenvalue weighted by molar-refractivity contribution is 5.67. The van der Waals surface area contributed by atoms with Crippen molar-refractivity contribution in [2.45, 2.75) is 38.3 Å². The maximum Gasteiger partial charge on any atom is 0.416 e. The lowest BCUT2D eigenvalue weighted by Crippen LogP contribution is -2.54. The van der Waals surface area contributed by atoms with Crippen molar-refractivity contribution in [1.29, 1.82) is 0 Å². The van der Waals surface area contributed by atoms with E-state index in [9.17, 15) is 45.5 Å². The zero-order chi connectivity index (χ0) is 52.1. The van der Waals surface area contributed by atoms with Crippen molar-refractivity contribution < 1.29 is 26.3 Å². The lowest BCUT2D eigenvalue weighted by atomic mass is 10.1. The molecule has 0 radical (unpaired) electrons. The van der Waals surface area contributed by atoms with Crippen LogP contribution in [0.25, 0.3) is 55.0 Å². The van der Waals surface area contributed by atoms with E-state index in [2.05, 4.69) is 25.2 Å². The molecule has 6 heterocycles. The summed E-state index contributed by atoms with van der Waals surface area (Å²) in [6.07, 6.45) is -6.21. The van der Waals surface area contributed by atoms with Crippen LogP contribution < -0.4 is 27.8 Å². The molecule has 8 aromatic rings. The summed E-state index contributed by atoms with van der Waals surface area (Å²) < 4.78 is 88.3. The molecular weight excluding hydrogens is 959 g/mol. The quantitative estimate of drug-likeness (QED) is 0.119. The third-order valence-electron chi connectivity index (χ3n) is 12.7. The Morgan fingerprint density at radius 1 is 0.562 bits per heavy atom. The number of hydrogen-bond acceptors (Lipinski definition) is 8. The Morgan fingerprint density at radius 3 is 1.30 bits per heavy atom. The molecule has 2 aliphatic rings. The second kappa shape index (κ2) is 19.0. The number of nitrogens with one attached hydrogen (secondary N) is 1. The molecule has 0 bridgehead atoms. The molecule has 2 aliphatic heterocycles. The van der Waals surface area contributed by atoms with Crippen LogP contribution in [0.15, 0.2) is 141 Å². The Kier molecular flexibility index (Phi) is 12.8. The van der Waals surface area contributed by atoms with E-state index in [1.165, 1.54) is 59.9 Å². The summed E-state index contributed by atoms with van der Waals surface area (Å²) in [4.78, 5) is 63.4. The van der Waals surface area contributed by atoms with E-state index in [0.29, 0.717) is 60.3 Å². The lowest BCUT2D eigenvalue weighted by molar-refractivity contribution is -0.138. The number of halogens is 6. The molecule has 4 aromatic carbocycles. The minimum Gasteiger partial charge on any atom is -0.312 e. The predicted molar refractivity (Wildman–Crippen MR) is 258 cm³/mol. The number of likely N-dealkylation sites (tertiary alicyclic amines) is 1. The van der Waals surface area contributed by atoms with Gasteiger partial charge in [0.15, 0.2) is 11.4 Å². The predicted octanol–water partition coefficient (Wildman–Crippen LogP) is 8.09. The summed E-state index contributed by atoms with van der Waals surface area (Å²) in [6, 6.07) is 24.5. The van der Waals surface area contributed by atoms with E-state index in [4.69, 9.17) is 13.1 Å². The van der Waals surface area contributed by atoms with Gasteiger partial charge in [0.05, 0.1) is 94.0 Å². The molecule has 10 rings (SSSR count). The van der Waals surface area contributed by atoms with Gasteiger partial charge in [0.2, 0.25) is 0 Å². The molecule has 0 atom stereocenters. The molecule has 73 heavy (non-hydrogen) atoms. The van der Waals surface area contributed by atoms with Crippen LogP contribution in [0, 0.1) is 27.0 Å². The van der Waals surface area contributed by atoms with Crippen LogP contribution in [0.3, 0.4) is 0 Å². The van der Waals surface area contributed by atoms with Gasteiger partial charge in [0, 0.05) is 37.6 Å². The van der Waals surface area contributed by atoms with Crippen LogP contribution in [0.2, 0.25) is 0 Å². The Balaban J connectivity index is 0.000000180. The number of aromatic nitrogens is 8. The summed E-state index contributed by atoms with van der Waals surface area (Å²) in [6.45, 7) is 19.0. The molecule has 0 spiro atoms. The van der Waals surface area contributed by atoms with Gasteiger partial charge in [-0.3, -0.25) is 27.9 Å². The van der Waals surface area contributed by atoms with Crippen LogP contribution in [0.4, 0.5) is 37.7 Å². The molecule has 1 N–H and O–H groups in total. The number of hydrogen-bond donors (Lipinski definition) is 1. The molecule has 0 saturated carbocycles. The summed E-state index contributed by atoms with van der Waals surface area (Å²) in [5.41, 5.74) is -0.841. The van der Waals surface area contributed by atoms with Crippen LogP contribution in [-0.4, -0.2) is 76.0 Å². The number of alkyl halides is 6. The summed E-state index contributed by atoms with van der Waals surface area (Å²) >= 11 is 0. The highest BCUT2D eigenvalue weighted by atomic mass is 19.4. The number of rotatable bonds is 8. The van der Waals surface area contributed by atoms with E-state index < -0.39 is 58.1 Å². The Bertz CT molecular complexity index is 3770. The standard InChI is InChI=1S/C26H21F3N6O2.C25H19F3N6O2/c1-16-23(22-11-12-31-35(22)19-9-7-18(30-2)8-10-19)24(36)34(21-14-32(3)15-21)25(37)33(16)20-6-4-5-17(13-20)26(27,28)29;1-15-22(21-10-11-31-34(21)18-8-6-17(29-2)7-9-18)23(35)33(20-13-30-14-20)24(36)32(15)19-5-3-4-16(12-19)25(26,27)28/h4-13,21H,14-15H2,1,3H3;3-12,20,30H,13-14H2,1H3. The number of nitrogens with zero attached hydrogens (tertiary/aromatic N) is 11. The first-order chi connectivity index (χ1) is 34.8. The van der Waals surface area contributed by atoms with Gasteiger partial charge in [-0.2, -0.15) is 36.5 Å². The van der Waals surface area contributed by atoms with Gasteiger partial charge in [-0.15, -0.1) is 0 Å². The highest BCUT2D eigenvalue weighted by Gasteiger charge is 2.35. The normalized spacial score (nSPS) is 14.1. The average molecular weight is 999 g/mol. The maximum absolute atomic E-state index is 13.8. The second-order valence-corrected chi connectivity index (χ2v) is 17.3. The monoisotopic (exact) mass is 998 g/mol. The van der Waals surface area contributed by atoms with Crippen LogP contribution in [0.1, 0.15) is 34.6 Å². The number of likely N-dealkylation sites (N-methyl/N-ethyl adjacent to an activating group) is 1. The molecule has 370 valence electrons. The molecule has 2 fully saturated rings. The van der Waals surface area contributed by atoms with Crippen molar-refractivity contribution in [3.63, 3.8) is 0 Å². The number of benzene rings is 4. The fourth-order valence-electron chi connectivity index (χ4n) is 8.95. The summed E-state index contributed by atoms with van der Waals surface area (Å²) in [5, 5.41) is 11.7. The highest BCUT2D eigenvalue weighted by Crippen LogP contribution is 2.34. The van der Waals surface area contributed by atoms with E-state index in [-0.39, 0.29) is 33.9 Å². The minimum atomic E-state index is -4.60. The van der Waals surface area contributed by atoms with E-state index in [0.717, 1.165) is 42.5 Å². The van der Waals surface area contributed by atoms with Crippen molar-refractivity contribution in [2.24, 2.45) is 0 Å². The Hall–Kier alpha value is -8.86. The first kappa shape index (κ1) is 49.1. The first-order valence-electron chi connectivity index (χ1n) is 22.4. The molecule has 0 aliphatic carbocycles. The smallest absolute Gasteiger partial charge is 0.312 e. The summed E-state index contributed by atoms with van der Waals surface area (Å²) in [5.74, 6) is 0. The molecule has 0 amide bonds. The molecule has 4 aromatic heterocycles. The fraction of sp³-hybridized carbons (Fsp3) is 0.216. The Labute approximate surface area is 410 Å². The van der Waals surface area contributed by atoms with Gasteiger partial charge in [0.1, 0.15) is 0 Å². The average Bonchev–Trinajstić information content (AvgIpc) is 4.03. The fourth-order valence-corrected chi connectivity index (χ4v) is 8.95. The zero-order valence-electron chi connectivity index (χ0n) is 38.9. The molecule has 16 nitrogen and oxygen atoms in total. The van der Waals surface area contributed by atoms with Crippen molar-refractivity contribution in [3.05, 3.63) is 209 Å². The van der Waals surface area contributed by atoms with E-state index in [1.807, 2.05) is 11.9 Å². The van der Waals surface area contributed by atoms with Crippen LogP contribution in [-0.2, 0) is 12.4 Å². The van der Waals surface area contributed by atoms with Gasteiger partial charge >= 0.3 is 23.7 Å². The molecule has 0 unspecified atom stereocenters.